The van der Waals surface area contributed by atoms with Crippen LogP contribution in [0.15, 0.2) is 34.9 Å². The Hall–Kier alpha value is -0.820. The highest BCUT2D eigenvalue weighted by molar-refractivity contribution is 5.45. The summed E-state index contributed by atoms with van der Waals surface area (Å²) in [6.07, 6.45) is 38.1. The van der Waals surface area contributed by atoms with Gasteiger partial charge in [0, 0.05) is 0 Å². The maximum atomic E-state index is 12.8. The number of hydrogen-bond acceptors (Lipinski definition) is 1. The Kier molecular flexibility index (Phi) is 12.2. The van der Waals surface area contributed by atoms with Crippen molar-refractivity contribution in [2.75, 3.05) is 0 Å². The molecule has 0 aromatic carbocycles. The molecule has 0 amide bonds. The van der Waals surface area contributed by atoms with Crippen LogP contribution >= 0.6 is 0 Å². The van der Waals surface area contributed by atoms with Crippen molar-refractivity contribution in [3.8, 4) is 0 Å². The third kappa shape index (κ3) is 8.19. The lowest BCUT2D eigenvalue weighted by atomic mass is 9.72. The molecule has 3 aliphatic carbocycles. The van der Waals surface area contributed by atoms with E-state index in [1.807, 2.05) is 0 Å². The quantitative estimate of drug-likeness (QED) is 0.433. The van der Waals surface area contributed by atoms with Crippen LogP contribution in [0.25, 0.3) is 0 Å². The molecule has 1 N–H and O–H groups in total. The fourth-order valence-corrected chi connectivity index (χ4v) is 6.24. The van der Waals surface area contributed by atoms with Gasteiger partial charge in [0.15, 0.2) is 0 Å². The predicted octanol–water partition coefficient (Wildman–Crippen LogP) is 9.90. The first-order valence-corrected chi connectivity index (χ1v) is 14.6. The summed E-state index contributed by atoms with van der Waals surface area (Å²) >= 11 is 0. The van der Waals surface area contributed by atoms with E-state index in [0.29, 0.717) is 0 Å². The van der Waals surface area contributed by atoms with E-state index < -0.39 is 5.60 Å². The summed E-state index contributed by atoms with van der Waals surface area (Å²) in [4.78, 5) is 0. The smallest absolute Gasteiger partial charge is 0.128 e. The maximum Gasteiger partial charge on any atom is 0.128 e. The lowest BCUT2D eigenvalue weighted by molar-refractivity contribution is 0.139. The highest BCUT2D eigenvalue weighted by atomic mass is 16.3. The van der Waals surface area contributed by atoms with E-state index in [9.17, 15) is 5.11 Å². The Morgan fingerprint density at radius 3 is 0.938 bits per heavy atom. The van der Waals surface area contributed by atoms with Crippen LogP contribution in [0.1, 0.15) is 154 Å². The minimum Gasteiger partial charge on any atom is -0.377 e. The molecule has 0 atom stereocenters. The van der Waals surface area contributed by atoms with Gasteiger partial charge in [0.25, 0.3) is 0 Å². The van der Waals surface area contributed by atoms with Crippen molar-refractivity contribution >= 4 is 0 Å². The minimum absolute atomic E-state index is 0.794. The molecule has 0 saturated carbocycles. The van der Waals surface area contributed by atoms with Crippen molar-refractivity contribution < 1.29 is 5.11 Å². The fraction of sp³-hybridized carbons (Fsp3) is 0.806. The van der Waals surface area contributed by atoms with Crippen LogP contribution in [0.2, 0.25) is 0 Å². The molecule has 0 bridgehead atoms. The normalized spacial score (nSPS) is 29.3. The SMILES string of the molecule is OC(/C1=C/CCCCCCCC1)(/C1=C/CCCCCCCC1)/C1=C/CCCCCCCC1. The maximum absolute atomic E-state index is 12.8. The second kappa shape index (κ2) is 15.2. The largest absolute Gasteiger partial charge is 0.377 e. The van der Waals surface area contributed by atoms with Gasteiger partial charge in [-0.3, -0.25) is 0 Å². The summed E-state index contributed by atoms with van der Waals surface area (Å²) in [5.74, 6) is 0. The first kappa shape index (κ1) is 25.8. The van der Waals surface area contributed by atoms with E-state index in [0.717, 1.165) is 38.5 Å². The Labute approximate surface area is 199 Å². The summed E-state index contributed by atoms with van der Waals surface area (Å²) in [6, 6.07) is 0. The molecule has 0 fully saturated rings. The van der Waals surface area contributed by atoms with Gasteiger partial charge in [-0.25, -0.2) is 0 Å². The molecule has 0 aromatic rings. The van der Waals surface area contributed by atoms with Crippen LogP contribution in [0, 0.1) is 0 Å². The monoisotopic (exact) mass is 440 g/mol. The standard InChI is InChI=1S/C31H52O/c32-31(28-22-16-10-4-1-5-11-17-23-28,29-24-18-12-6-2-7-13-19-25-29)30-26-20-14-8-3-9-15-21-27-30/h22,24,26,32H,1-21,23,25,27H2/b28-22+,29-24+,30-26+. The molecule has 182 valence electrons. The van der Waals surface area contributed by atoms with E-state index in [4.69, 9.17) is 0 Å². The number of allylic oxidation sites excluding steroid dienone is 3. The summed E-state index contributed by atoms with van der Waals surface area (Å²) < 4.78 is 0. The van der Waals surface area contributed by atoms with Crippen molar-refractivity contribution in [3.63, 3.8) is 0 Å². The molecule has 0 spiro atoms. The second-order valence-electron chi connectivity index (χ2n) is 10.9. The van der Waals surface area contributed by atoms with E-state index >= 15 is 0 Å². The van der Waals surface area contributed by atoms with Gasteiger partial charge in [-0.05, 0) is 93.8 Å². The van der Waals surface area contributed by atoms with Gasteiger partial charge in [0.2, 0.25) is 0 Å². The molecule has 3 aliphatic rings. The zero-order chi connectivity index (χ0) is 22.3. The van der Waals surface area contributed by atoms with Crippen molar-refractivity contribution in [1.29, 1.82) is 0 Å². The topological polar surface area (TPSA) is 20.2 Å². The minimum atomic E-state index is -0.794. The van der Waals surface area contributed by atoms with Crippen molar-refractivity contribution in [3.05, 3.63) is 34.9 Å². The molecule has 0 radical (unpaired) electrons. The van der Waals surface area contributed by atoms with Gasteiger partial charge in [-0.15, -0.1) is 0 Å². The summed E-state index contributed by atoms with van der Waals surface area (Å²) in [5, 5.41) is 12.8. The molecule has 1 heteroatoms. The van der Waals surface area contributed by atoms with Crippen LogP contribution < -0.4 is 0 Å². The van der Waals surface area contributed by atoms with Crippen molar-refractivity contribution in [2.24, 2.45) is 0 Å². The molecule has 0 saturated heterocycles. The average molecular weight is 441 g/mol. The van der Waals surface area contributed by atoms with Crippen LogP contribution in [0.4, 0.5) is 0 Å². The van der Waals surface area contributed by atoms with Crippen molar-refractivity contribution in [1.82, 2.24) is 0 Å². The predicted molar refractivity (Wildman–Crippen MR) is 140 cm³/mol. The Bertz CT molecular complexity index is 524. The Balaban J connectivity index is 1.97. The van der Waals surface area contributed by atoms with Crippen LogP contribution in [-0.2, 0) is 0 Å². The van der Waals surface area contributed by atoms with Gasteiger partial charge in [0.1, 0.15) is 5.60 Å². The molecular weight excluding hydrogens is 388 g/mol. The molecule has 0 aliphatic heterocycles. The third-order valence-electron chi connectivity index (χ3n) is 8.27. The first-order valence-electron chi connectivity index (χ1n) is 14.6. The first-order chi connectivity index (χ1) is 15.8. The zero-order valence-corrected chi connectivity index (χ0v) is 21.1. The van der Waals surface area contributed by atoms with Gasteiger partial charge in [-0.2, -0.15) is 0 Å². The fourth-order valence-electron chi connectivity index (χ4n) is 6.24. The Morgan fingerprint density at radius 1 is 0.375 bits per heavy atom. The molecule has 3 rings (SSSR count). The van der Waals surface area contributed by atoms with Gasteiger partial charge < -0.3 is 5.11 Å². The van der Waals surface area contributed by atoms with E-state index in [2.05, 4.69) is 18.2 Å². The summed E-state index contributed by atoms with van der Waals surface area (Å²) in [7, 11) is 0. The van der Waals surface area contributed by atoms with Crippen LogP contribution in [-0.4, -0.2) is 10.7 Å². The second-order valence-corrected chi connectivity index (χ2v) is 10.9. The lowest BCUT2D eigenvalue weighted by Crippen LogP contribution is -2.37. The lowest BCUT2D eigenvalue weighted by Gasteiger charge is -2.38. The average Bonchev–Trinajstić information content (AvgIpc) is 2.83. The van der Waals surface area contributed by atoms with Gasteiger partial charge in [-0.1, -0.05) is 95.3 Å². The summed E-state index contributed by atoms with van der Waals surface area (Å²) in [6.45, 7) is 0. The van der Waals surface area contributed by atoms with E-state index in [1.165, 1.54) is 132 Å². The molecule has 0 aromatic heterocycles. The number of hydrogen-bond donors (Lipinski definition) is 1. The number of aliphatic hydroxyl groups is 1. The Morgan fingerprint density at radius 2 is 0.625 bits per heavy atom. The highest BCUT2D eigenvalue weighted by Crippen LogP contribution is 2.42. The van der Waals surface area contributed by atoms with E-state index in [1.54, 1.807) is 0 Å². The molecule has 0 unspecified atom stereocenters. The molecule has 0 heterocycles. The van der Waals surface area contributed by atoms with Crippen LogP contribution in [0.3, 0.4) is 0 Å². The molecule has 1 nitrogen and oxygen atoms in total. The third-order valence-corrected chi connectivity index (χ3v) is 8.27. The van der Waals surface area contributed by atoms with Crippen LogP contribution in [0.5, 0.6) is 0 Å². The molecule has 32 heavy (non-hydrogen) atoms. The van der Waals surface area contributed by atoms with Gasteiger partial charge >= 0.3 is 0 Å². The van der Waals surface area contributed by atoms with E-state index in [-0.39, 0.29) is 0 Å². The number of rotatable bonds is 3. The zero-order valence-electron chi connectivity index (χ0n) is 21.1. The van der Waals surface area contributed by atoms with Crippen molar-refractivity contribution in [2.45, 2.75) is 160 Å². The summed E-state index contributed by atoms with van der Waals surface area (Å²) in [5.41, 5.74) is 3.31. The molecular formula is C31H52O. The highest BCUT2D eigenvalue weighted by Gasteiger charge is 2.38. The van der Waals surface area contributed by atoms with Gasteiger partial charge in [0.05, 0.1) is 0 Å².